The van der Waals surface area contributed by atoms with Gasteiger partial charge < -0.3 is 4.98 Å². The van der Waals surface area contributed by atoms with Gasteiger partial charge in [-0.1, -0.05) is 11.6 Å². The van der Waals surface area contributed by atoms with Gasteiger partial charge in [0, 0.05) is 29.5 Å². The fraction of sp³-hybridized carbons (Fsp3) is 0. The maximum atomic E-state index is 11.9. The number of rotatable bonds is 3. The predicted octanol–water partition coefficient (Wildman–Crippen LogP) is 3.44. The van der Waals surface area contributed by atoms with Crippen LogP contribution in [-0.4, -0.2) is 20.9 Å². The molecule has 0 aromatic carbocycles. The van der Waals surface area contributed by atoms with Crippen molar-refractivity contribution in [3.8, 4) is 11.3 Å². The number of carbonyl (C=O) groups excluding carboxylic acids is 1. The summed E-state index contributed by atoms with van der Waals surface area (Å²) in [6.45, 7) is 0. The number of anilines is 1. The normalized spacial score (nSPS) is 10.4. The molecule has 2 N–H and O–H groups in total. The molecule has 3 heterocycles. The molecular formula is C13H9ClN4OS. The van der Waals surface area contributed by atoms with E-state index in [0.29, 0.717) is 15.8 Å². The van der Waals surface area contributed by atoms with E-state index in [9.17, 15) is 4.79 Å². The molecule has 100 valence electrons. The first-order chi connectivity index (χ1) is 9.72. The molecule has 5 nitrogen and oxygen atoms in total. The third kappa shape index (κ3) is 2.71. The van der Waals surface area contributed by atoms with Crippen LogP contribution in [0.15, 0.2) is 42.2 Å². The van der Waals surface area contributed by atoms with Crippen molar-refractivity contribution in [2.45, 2.75) is 0 Å². The summed E-state index contributed by atoms with van der Waals surface area (Å²) in [6, 6.07) is 5.32. The van der Waals surface area contributed by atoms with Crippen molar-refractivity contribution in [2.75, 3.05) is 5.32 Å². The van der Waals surface area contributed by atoms with Crippen molar-refractivity contribution in [2.24, 2.45) is 0 Å². The summed E-state index contributed by atoms with van der Waals surface area (Å²) in [5.74, 6) is -0.274. The highest BCUT2D eigenvalue weighted by molar-refractivity contribution is 7.14. The third-order valence-corrected chi connectivity index (χ3v) is 3.55. The van der Waals surface area contributed by atoms with Crippen molar-refractivity contribution >= 4 is 34.0 Å². The maximum absolute atomic E-state index is 11.9. The molecule has 7 heteroatoms. The van der Waals surface area contributed by atoms with Gasteiger partial charge in [-0.2, -0.15) is 0 Å². The highest BCUT2D eigenvalue weighted by atomic mass is 35.5. The molecule has 0 fully saturated rings. The van der Waals surface area contributed by atoms with Gasteiger partial charge in [0.05, 0.1) is 10.7 Å². The van der Waals surface area contributed by atoms with Crippen LogP contribution in [0.25, 0.3) is 11.3 Å². The molecule has 0 saturated carbocycles. The minimum Gasteiger partial charge on any atom is -0.356 e. The number of aromatic nitrogens is 3. The van der Waals surface area contributed by atoms with Crippen molar-refractivity contribution in [3.63, 3.8) is 0 Å². The highest BCUT2D eigenvalue weighted by Crippen LogP contribution is 2.24. The van der Waals surface area contributed by atoms with E-state index in [2.05, 4.69) is 20.3 Å². The molecule has 3 rings (SSSR count). The Morgan fingerprint density at radius 3 is 3.05 bits per heavy atom. The zero-order chi connectivity index (χ0) is 13.9. The van der Waals surface area contributed by atoms with Gasteiger partial charge >= 0.3 is 0 Å². The largest absolute Gasteiger partial charge is 0.356 e. The fourth-order valence-corrected chi connectivity index (χ4v) is 2.52. The minimum atomic E-state index is -0.274. The van der Waals surface area contributed by atoms with E-state index in [-0.39, 0.29) is 5.91 Å². The summed E-state index contributed by atoms with van der Waals surface area (Å²) >= 11 is 7.12. The molecule has 3 aromatic heterocycles. The lowest BCUT2D eigenvalue weighted by Gasteiger charge is -1.98. The van der Waals surface area contributed by atoms with Crippen LogP contribution in [0.5, 0.6) is 0 Å². The second-order valence-electron chi connectivity index (χ2n) is 3.97. The number of amides is 1. The number of H-pyrrole nitrogens is 1. The summed E-state index contributed by atoms with van der Waals surface area (Å²) in [6.07, 6.45) is 4.98. The monoisotopic (exact) mass is 304 g/mol. The number of nitrogens with one attached hydrogen (secondary N) is 2. The van der Waals surface area contributed by atoms with E-state index in [0.717, 1.165) is 11.3 Å². The minimum absolute atomic E-state index is 0.274. The average molecular weight is 305 g/mol. The van der Waals surface area contributed by atoms with Gasteiger partial charge in [-0.05, 0) is 18.2 Å². The lowest BCUT2D eigenvalue weighted by atomic mass is 10.2. The van der Waals surface area contributed by atoms with E-state index >= 15 is 0 Å². The molecular weight excluding hydrogens is 296 g/mol. The summed E-state index contributed by atoms with van der Waals surface area (Å²) < 4.78 is 0. The Morgan fingerprint density at radius 1 is 1.45 bits per heavy atom. The van der Waals surface area contributed by atoms with Crippen LogP contribution in [-0.2, 0) is 0 Å². The van der Waals surface area contributed by atoms with E-state index in [1.807, 2.05) is 17.5 Å². The second kappa shape index (κ2) is 5.44. The number of thiazole rings is 1. The lowest BCUT2D eigenvalue weighted by molar-refractivity contribution is 0.102. The Balaban J connectivity index is 1.76. The summed E-state index contributed by atoms with van der Waals surface area (Å²) in [5, 5.41) is 5.61. The number of halogens is 1. The molecule has 20 heavy (non-hydrogen) atoms. The van der Waals surface area contributed by atoms with Gasteiger partial charge in [-0.25, -0.2) is 4.98 Å². The Morgan fingerprint density at radius 2 is 2.35 bits per heavy atom. The smallest absolute Gasteiger partial charge is 0.273 e. The summed E-state index contributed by atoms with van der Waals surface area (Å²) in [5.41, 5.74) is 2.09. The van der Waals surface area contributed by atoms with E-state index in [1.54, 1.807) is 24.7 Å². The zero-order valence-corrected chi connectivity index (χ0v) is 11.7. The number of pyridine rings is 1. The van der Waals surface area contributed by atoms with Crippen molar-refractivity contribution in [3.05, 3.63) is 52.9 Å². The number of hydrogen-bond acceptors (Lipinski definition) is 4. The number of hydrogen-bond donors (Lipinski definition) is 2. The zero-order valence-electron chi connectivity index (χ0n) is 10.1. The maximum Gasteiger partial charge on any atom is 0.273 e. The molecule has 0 aliphatic carbocycles. The van der Waals surface area contributed by atoms with Crippen LogP contribution in [0, 0.1) is 0 Å². The molecule has 0 saturated heterocycles. The third-order valence-electron chi connectivity index (χ3n) is 2.57. The van der Waals surface area contributed by atoms with E-state index in [4.69, 9.17) is 11.6 Å². The molecule has 0 radical (unpaired) electrons. The van der Waals surface area contributed by atoms with Crippen molar-refractivity contribution in [1.82, 2.24) is 15.0 Å². The Kier molecular flexibility index (Phi) is 3.49. The number of aromatic amines is 1. The van der Waals surface area contributed by atoms with Crippen LogP contribution in [0.4, 0.5) is 5.13 Å². The van der Waals surface area contributed by atoms with Crippen LogP contribution in [0.2, 0.25) is 5.02 Å². The molecule has 0 aliphatic rings. The SMILES string of the molecule is O=C(Nc1nc(-c2cccnc2)cs1)c1cc(Cl)c[nH]1. The Hall–Kier alpha value is -2.18. The first-order valence-corrected chi connectivity index (χ1v) is 6.99. The molecule has 0 aliphatic heterocycles. The molecule has 0 unspecified atom stereocenters. The standard InChI is InChI=1S/C13H9ClN4OS/c14-9-4-10(16-6-9)12(19)18-13-17-11(7-20-13)8-2-1-3-15-5-8/h1-7,16H,(H,17,18,19). The van der Waals surface area contributed by atoms with Crippen LogP contribution in [0.1, 0.15) is 10.5 Å². The van der Waals surface area contributed by atoms with Gasteiger partial charge in [0.2, 0.25) is 0 Å². The Labute approximate surface area is 123 Å². The lowest BCUT2D eigenvalue weighted by Crippen LogP contribution is -2.11. The molecule has 0 bridgehead atoms. The van der Waals surface area contributed by atoms with Crippen LogP contribution < -0.4 is 5.32 Å². The second-order valence-corrected chi connectivity index (χ2v) is 5.26. The van der Waals surface area contributed by atoms with Crippen molar-refractivity contribution < 1.29 is 4.79 Å². The average Bonchev–Trinajstić information content (AvgIpc) is 3.09. The molecule has 1 amide bonds. The van der Waals surface area contributed by atoms with E-state index in [1.165, 1.54) is 11.3 Å². The van der Waals surface area contributed by atoms with E-state index < -0.39 is 0 Å². The van der Waals surface area contributed by atoms with Gasteiger partial charge in [-0.15, -0.1) is 11.3 Å². The molecule has 0 atom stereocenters. The van der Waals surface area contributed by atoms with Crippen LogP contribution in [0.3, 0.4) is 0 Å². The number of carbonyl (C=O) groups is 1. The predicted molar refractivity (Wildman–Crippen MR) is 79.1 cm³/mol. The van der Waals surface area contributed by atoms with Gasteiger partial charge in [-0.3, -0.25) is 15.1 Å². The first-order valence-electron chi connectivity index (χ1n) is 5.73. The first kappa shape index (κ1) is 12.8. The van der Waals surface area contributed by atoms with Crippen LogP contribution >= 0.6 is 22.9 Å². The Bertz CT molecular complexity index is 738. The highest BCUT2D eigenvalue weighted by Gasteiger charge is 2.11. The van der Waals surface area contributed by atoms with Gasteiger partial charge in [0.15, 0.2) is 5.13 Å². The summed E-state index contributed by atoms with van der Waals surface area (Å²) in [7, 11) is 0. The topological polar surface area (TPSA) is 70.7 Å². The molecule has 3 aromatic rings. The van der Waals surface area contributed by atoms with Crippen molar-refractivity contribution in [1.29, 1.82) is 0 Å². The molecule has 0 spiro atoms. The van der Waals surface area contributed by atoms with Gasteiger partial charge in [0.25, 0.3) is 5.91 Å². The quantitative estimate of drug-likeness (QED) is 0.778. The van der Waals surface area contributed by atoms with Gasteiger partial charge in [0.1, 0.15) is 5.69 Å². The number of nitrogens with zero attached hydrogens (tertiary/aromatic N) is 2. The summed E-state index contributed by atoms with van der Waals surface area (Å²) in [4.78, 5) is 23.1. The fourth-order valence-electron chi connectivity index (χ4n) is 1.64.